The van der Waals surface area contributed by atoms with Gasteiger partial charge in [0.05, 0.1) is 0 Å². The fourth-order valence-electron chi connectivity index (χ4n) is 1.78. The maximum Gasteiger partial charge on any atom is 0.115 e. The summed E-state index contributed by atoms with van der Waals surface area (Å²) in [7, 11) is 0. The summed E-state index contributed by atoms with van der Waals surface area (Å²) in [5, 5.41) is 3.33. The number of rotatable bonds is 2. The highest BCUT2D eigenvalue weighted by Crippen LogP contribution is 2.17. The third-order valence-electron chi connectivity index (χ3n) is 2.55. The van der Waals surface area contributed by atoms with E-state index in [1.54, 1.807) is 0 Å². The lowest BCUT2D eigenvalue weighted by Crippen LogP contribution is -2.32. The van der Waals surface area contributed by atoms with Gasteiger partial charge >= 0.3 is 0 Å². The Kier molecular flexibility index (Phi) is 3.03. The van der Waals surface area contributed by atoms with Gasteiger partial charge in [0.15, 0.2) is 0 Å². The minimum absolute atomic E-state index is 0.440. The topological polar surface area (TPSA) is 21.3 Å². The fraction of sp³-hybridized carbons (Fsp3) is 0.636. The van der Waals surface area contributed by atoms with Gasteiger partial charge in [-0.2, -0.15) is 0 Å². The normalized spacial score (nSPS) is 24.2. The average molecular weight is 179 g/mol. The van der Waals surface area contributed by atoms with Gasteiger partial charge < -0.3 is 10.1 Å². The zero-order valence-electron chi connectivity index (χ0n) is 7.96. The SMILES string of the molecule is C1=CC(OC2CCNCC2)=CCC1. The molecule has 2 rings (SSSR count). The molecule has 2 heteroatoms. The zero-order valence-corrected chi connectivity index (χ0v) is 7.96. The summed E-state index contributed by atoms with van der Waals surface area (Å²) in [5.41, 5.74) is 0. The van der Waals surface area contributed by atoms with Crippen molar-refractivity contribution in [2.75, 3.05) is 13.1 Å². The molecular weight excluding hydrogens is 162 g/mol. The van der Waals surface area contributed by atoms with Gasteiger partial charge in [0.2, 0.25) is 0 Å². The highest BCUT2D eigenvalue weighted by atomic mass is 16.5. The van der Waals surface area contributed by atoms with Gasteiger partial charge in [-0.1, -0.05) is 6.08 Å². The van der Waals surface area contributed by atoms with Crippen LogP contribution in [0.2, 0.25) is 0 Å². The van der Waals surface area contributed by atoms with Crippen molar-refractivity contribution < 1.29 is 4.74 Å². The van der Waals surface area contributed by atoms with Crippen LogP contribution in [0, 0.1) is 0 Å². The molecule has 1 saturated heterocycles. The average Bonchev–Trinajstić information content (AvgIpc) is 2.21. The van der Waals surface area contributed by atoms with E-state index in [1.807, 2.05) is 0 Å². The summed E-state index contributed by atoms with van der Waals surface area (Å²) in [4.78, 5) is 0. The van der Waals surface area contributed by atoms with Crippen molar-refractivity contribution >= 4 is 0 Å². The Morgan fingerprint density at radius 2 is 2.08 bits per heavy atom. The summed E-state index contributed by atoms with van der Waals surface area (Å²) in [5.74, 6) is 1.08. The van der Waals surface area contributed by atoms with Crippen LogP contribution in [-0.2, 0) is 4.74 Å². The van der Waals surface area contributed by atoms with Crippen LogP contribution in [0.5, 0.6) is 0 Å². The molecule has 0 aromatic carbocycles. The highest BCUT2D eigenvalue weighted by Gasteiger charge is 2.14. The summed E-state index contributed by atoms with van der Waals surface area (Å²) in [6.45, 7) is 2.20. The van der Waals surface area contributed by atoms with Crippen LogP contribution in [0.4, 0.5) is 0 Å². The van der Waals surface area contributed by atoms with Crippen LogP contribution in [0.15, 0.2) is 24.0 Å². The Morgan fingerprint density at radius 3 is 2.77 bits per heavy atom. The molecule has 1 aliphatic heterocycles. The van der Waals surface area contributed by atoms with Crippen molar-refractivity contribution in [2.24, 2.45) is 0 Å². The zero-order chi connectivity index (χ0) is 8.93. The van der Waals surface area contributed by atoms with Crippen LogP contribution in [0.1, 0.15) is 25.7 Å². The number of piperidine rings is 1. The van der Waals surface area contributed by atoms with Gasteiger partial charge in [-0.25, -0.2) is 0 Å². The summed E-state index contributed by atoms with van der Waals surface area (Å²) < 4.78 is 5.87. The summed E-state index contributed by atoms with van der Waals surface area (Å²) in [6, 6.07) is 0. The van der Waals surface area contributed by atoms with E-state index in [0.29, 0.717) is 6.10 Å². The summed E-state index contributed by atoms with van der Waals surface area (Å²) >= 11 is 0. The molecule has 0 radical (unpaired) electrons. The lowest BCUT2D eigenvalue weighted by atomic mass is 10.1. The molecular formula is C11H17NO. The van der Waals surface area contributed by atoms with E-state index in [0.717, 1.165) is 38.1 Å². The van der Waals surface area contributed by atoms with Crippen molar-refractivity contribution in [3.05, 3.63) is 24.0 Å². The van der Waals surface area contributed by atoms with Crippen molar-refractivity contribution in [3.8, 4) is 0 Å². The Labute approximate surface area is 79.7 Å². The molecule has 0 bridgehead atoms. The first kappa shape index (κ1) is 8.82. The number of ether oxygens (including phenoxy) is 1. The monoisotopic (exact) mass is 179 g/mol. The van der Waals surface area contributed by atoms with Crippen LogP contribution in [0.3, 0.4) is 0 Å². The largest absolute Gasteiger partial charge is 0.491 e. The van der Waals surface area contributed by atoms with E-state index < -0.39 is 0 Å². The Morgan fingerprint density at radius 1 is 1.23 bits per heavy atom. The molecule has 1 fully saturated rings. The van der Waals surface area contributed by atoms with Gasteiger partial charge in [-0.05, 0) is 50.9 Å². The third kappa shape index (κ3) is 2.59. The lowest BCUT2D eigenvalue weighted by molar-refractivity contribution is 0.0948. The standard InChI is InChI=1S/C11H17NO/c1-2-4-10(5-3-1)13-11-6-8-12-9-7-11/h2,4-5,11-12H,1,3,6-9H2. The Bertz CT molecular complexity index is 214. The second-order valence-corrected chi connectivity index (χ2v) is 3.65. The van der Waals surface area contributed by atoms with Crippen molar-refractivity contribution in [1.82, 2.24) is 5.32 Å². The summed E-state index contributed by atoms with van der Waals surface area (Å²) in [6.07, 6.45) is 11.5. The minimum Gasteiger partial charge on any atom is -0.491 e. The van der Waals surface area contributed by atoms with E-state index in [9.17, 15) is 0 Å². The van der Waals surface area contributed by atoms with Gasteiger partial charge in [-0.15, -0.1) is 0 Å². The number of hydrogen-bond donors (Lipinski definition) is 1. The van der Waals surface area contributed by atoms with Gasteiger partial charge in [0.1, 0.15) is 11.9 Å². The maximum atomic E-state index is 5.87. The first-order valence-corrected chi connectivity index (χ1v) is 5.19. The molecule has 0 atom stereocenters. The molecule has 0 saturated carbocycles. The second-order valence-electron chi connectivity index (χ2n) is 3.65. The third-order valence-corrected chi connectivity index (χ3v) is 2.55. The van der Waals surface area contributed by atoms with E-state index in [1.165, 1.54) is 6.42 Å². The quantitative estimate of drug-likeness (QED) is 0.700. The van der Waals surface area contributed by atoms with Crippen LogP contribution < -0.4 is 5.32 Å². The highest BCUT2D eigenvalue weighted by molar-refractivity contribution is 5.16. The van der Waals surface area contributed by atoms with Crippen LogP contribution in [0.25, 0.3) is 0 Å². The number of hydrogen-bond acceptors (Lipinski definition) is 2. The molecule has 1 N–H and O–H groups in total. The molecule has 2 nitrogen and oxygen atoms in total. The molecule has 0 aromatic rings. The van der Waals surface area contributed by atoms with Crippen LogP contribution in [-0.4, -0.2) is 19.2 Å². The van der Waals surface area contributed by atoms with Crippen molar-refractivity contribution in [1.29, 1.82) is 0 Å². The van der Waals surface area contributed by atoms with Crippen molar-refractivity contribution in [3.63, 3.8) is 0 Å². The smallest absolute Gasteiger partial charge is 0.115 e. The predicted molar refractivity (Wildman–Crippen MR) is 53.4 cm³/mol. The first-order chi connectivity index (χ1) is 6.45. The Hall–Kier alpha value is -0.760. The molecule has 72 valence electrons. The van der Waals surface area contributed by atoms with Gasteiger partial charge in [0, 0.05) is 0 Å². The van der Waals surface area contributed by atoms with Gasteiger partial charge in [-0.3, -0.25) is 0 Å². The van der Waals surface area contributed by atoms with E-state index in [2.05, 4.69) is 23.5 Å². The second kappa shape index (κ2) is 4.47. The molecule has 0 aromatic heterocycles. The van der Waals surface area contributed by atoms with Crippen LogP contribution >= 0.6 is 0 Å². The maximum absolute atomic E-state index is 5.87. The minimum atomic E-state index is 0.440. The molecule has 0 unspecified atom stereocenters. The molecule has 0 spiro atoms. The fourth-order valence-corrected chi connectivity index (χ4v) is 1.78. The van der Waals surface area contributed by atoms with E-state index >= 15 is 0 Å². The predicted octanol–water partition coefficient (Wildman–Crippen LogP) is 1.99. The van der Waals surface area contributed by atoms with E-state index in [-0.39, 0.29) is 0 Å². The Balaban J connectivity index is 1.82. The van der Waals surface area contributed by atoms with Gasteiger partial charge in [0.25, 0.3) is 0 Å². The number of nitrogens with one attached hydrogen (secondary N) is 1. The number of allylic oxidation sites excluding steroid dienone is 3. The molecule has 0 amide bonds. The molecule has 1 aliphatic carbocycles. The molecule has 2 aliphatic rings. The molecule has 1 heterocycles. The molecule has 13 heavy (non-hydrogen) atoms. The first-order valence-electron chi connectivity index (χ1n) is 5.19. The van der Waals surface area contributed by atoms with Crippen molar-refractivity contribution in [2.45, 2.75) is 31.8 Å². The van der Waals surface area contributed by atoms with E-state index in [4.69, 9.17) is 4.74 Å². The lowest BCUT2D eigenvalue weighted by Gasteiger charge is -2.24.